The van der Waals surface area contributed by atoms with Crippen LogP contribution in [0.15, 0.2) is 53.6 Å². The smallest absolute Gasteiger partial charge is 0.349 e. The number of piperazine rings is 1. The number of anilines is 2. The second-order valence-corrected chi connectivity index (χ2v) is 12.4. The van der Waals surface area contributed by atoms with E-state index in [1.807, 2.05) is 32.6 Å². The van der Waals surface area contributed by atoms with Crippen molar-refractivity contribution in [3.05, 3.63) is 71.2 Å². The maximum Gasteiger partial charge on any atom is 0.353 e. The van der Waals surface area contributed by atoms with Gasteiger partial charge < -0.3 is 9.80 Å². The van der Waals surface area contributed by atoms with Gasteiger partial charge in [-0.15, -0.1) is 4.40 Å². The number of fused-ring (bicyclic) bond motifs is 1. The lowest BCUT2D eigenvalue weighted by Gasteiger charge is -2.46. The van der Waals surface area contributed by atoms with Crippen LogP contribution in [0.4, 0.5) is 16.0 Å². The van der Waals surface area contributed by atoms with E-state index < -0.39 is 16.0 Å². The number of hydrogen-bond acceptors (Lipinski definition) is 6. The number of aryl methyl sites for hydroxylation is 1. The number of pyridine rings is 1. The first-order valence-electron chi connectivity index (χ1n) is 13.2. The van der Waals surface area contributed by atoms with Gasteiger partial charge in [0, 0.05) is 42.3 Å². The number of nitrogens with zero attached hydrogens (tertiary/aromatic N) is 7. The molecular weight excluding hydrogens is 569 g/mol. The van der Waals surface area contributed by atoms with Crippen molar-refractivity contribution in [2.45, 2.75) is 52.7 Å². The zero-order chi connectivity index (χ0) is 29.8. The fourth-order valence-electron chi connectivity index (χ4n) is 5.28. The molecule has 2 aliphatic heterocycles. The molecule has 2 aliphatic rings. The average Bonchev–Trinajstić information content (AvgIpc) is 3.30. The Hall–Kier alpha value is -3.77. The first-order chi connectivity index (χ1) is 19.4. The van der Waals surface area contributed by atoms with E-state index in [2.05, 4.69) is 16.1 Å². The van der Waals surface area contributed by atoms with E-state index in [-0.39, 0.29) is 57.8 Å². The normalized spacial score (nSPS) is 20.2. The molecule has 0 saturated carbocycles. The molecule has 41 heavy (non-hydrogen) atoms. The molecule has 1 saturated heterocycles. The van der Waals surface area contributed by atoms with Crippen LogP contribution in [0.25, 0.3) is 11.3 Å². The molecule has 216 valence electrons. The minimum absolute atomic E-state index is 0.0348. The van der Waals surface area contributed by atoms with Crippen LogP contribution in [0, 0.1) is 12.7 Å². The standard InChI is InChI=1S/C28H31ClFN7O3S/c1-7-24(38)34-14-19(6)35(15-18(34)5)27-21-12-22(29)25(20-10-8-9-11-23(20)30)32-26(21)37(41(39,40)33-27)28-17(4)13-31-36(28)16(2)3/h7-13,16,18-19H,1,14-15H2,2-6H3. The van der Waals surface area contributed by atoms with E-state index in [0.717, 1.165) is 4.31 Å². The fourth-order valence-corrected chi connectivity index (χ4v) is 6.85. The summed E-state index contributed by atoms with van der Waals surface area (Å²) in [6, 6.07) is 6.88. The highest BCUT2D eigenvalue weighted by atomic mass is 35.5. The number of halogens is 2. The molecule has 4 heterocycles. The third kappa shape index (κ3) is 4.88. The van der Waals surface area contributed by atoms with Crippen molar-refractivity contribution in [1.82, 2.24) is 24.6 Å². The Kier molecular flexibility index (Phi) is 7.41. The summed E-state index contributed by atoms with van der Waals surface area (Å²) < 4.78 is 50.0. The Bertz CT molecular complexity index is 1690. The highest BCUT2D eigenvalue weighted by molar-refractivity contribution is 7.92. The number of carbonyl (C=O) groups excluding carboxylic acids is 1. The Balaban J connectivity index is 1.75. The minimum atomic E-state index is -4.41. The van der Waals surface area contributed by atoms with Crippen molar-refractivity contribution >= 4 is 45.2 Å². The van der Waals surface area contributed by atoms with Crippen molar-refractivity contribution in [3.8, 4) is 11.3 Å². The Labute approximate surface area is 243 Å². The van der Waals surface area contributed by atoms with Crippen molar-refractivity contribution in [2.75, 3.05) is 17.4 Å². The molecule has 5 rings (SSSR count). The average molecular weight is 600 g/mol. The monoisotopic (exact) mass is 599 g/mol. The highest BCUT2D eigenvalue weighted by Crippen LogP contribution is 2.42. The maximum absolute atomic E-state index is 14.9. The summed E-state index contributed by atoms with van der Waals surface area (Å²) in [6.07, 6.45) is 2.85. The lowest BCUT2D eigenvalue weighted by atomic mass is 10.0. The van der Waals surface area contributed by atoms with Crippen LogP contribution in [-0.2, 0) is 15.0 Å². The van der Waals surface area contributed by atoms with Gasteiger partial charge in [0.05, 0.1) is 22.5 Å². The highest BCUT2D eigenvalue weighted by Gasteiger charge is 2.42. The van der Waals surface area contributed by atoms with Gasteiger partial charge in [-0.05, 0) is 58.9 Å². The first-order valence-corrected chi connectivity index (χ1v) is 15.0. The summed E-state index contributed by atoms with van der Waals surface area (Å²) >= 11 is 6.73. The number of hydrogen-bond donors (Lipinski definition) is 0. The molecule has 1 amide bonds. The van der Waals surface area contributed by atoms with Crippen LogP contribution >= 0.6 is 11.6 Å². The quantitative estimate of drug-likeness (QED) is 0.396. The Morgan fingerprint density at radius 1 is 1.17 bits per heavy atom. The number of amides is 1. The van der Waals surface area contributed by atoms with Gasteiger partial charge >= 0.3 is 10.2 Å². The van der Waals surface area contributed by atoms with Gasteiger partial charge in [-0.2, -0.15) is 17.8 Å². The number of aromatic nitrogens is 3. The van der Waals surface area contributed by atoms with Gasteiger partial charge in [0.25, 0.3) is 0 Å². The summed E-state index contributed by atoms with van der Waals surface area (Å²) in [5, 5.41) is 4.53. The van der Waals surface area contributed by atoms with Gasteiger partial charge in [0.15, 0.2) is 17.5 Å². The molecule has 1 aromatic carbocycles. The van der Waals surface area contributed by atoms with Crippen LogP contribution in [-0.4, -0.2) is 69.9 Å². The molecule has 0 spiro atoms. The molecule has 2 atom stereocenters. The molecular formula is C28H31ClFN7O3S. The second-order valence-electron chi connectivity index (χ2n) is 10.6. The van der Waals surface area contributed by atoms with Gasteiger partial charge in [0.1, 0.15) is 5.82 Å². The molecule has 13 heteroatoms. The van der Waals surface area contributed by atoms with Crippen LogP contribution in [0.2, 0.25) is 5.02 Å². The van der Waals surface area contributed by atoms with E-state index in [0.29, 0.717) is 24.2 Å². The minimum Gasteiger partial charge on any atom is -0.349 e. The van der Waals surface area contributed by atoms with E-state index in [1.165, 1.54) is 18.2 Å². The number of amidine groups is 1. The fraction of sp³-hybridized carbons (Fsp3) is 0.357. The van der Waals surface area contributed by atoms with E-state index in [1.54, 1.807) is 40.9 Å². The predicted molar refractivity (Wildman–Crippen MR) is 157 cm³/mol. The molecule has 0 N–H and O–H groups in total. The van der Waals surface area contributed by atoms with Crippen molar-refractivity contribution in [1.29, 1.82) is 0 Å². The Morgan fingerprint density at radius 2 is 1.88 bits per heavy atom. The molecule has 10 nitrogen and oxygen atoms in total. The SMILES string of the molecule is C=CC(=O)N1CC(C)N(C2=NS(=O)(=O)N(c3c(C)cnn3C(C)C)c3nc(-c4ccccc4F)c(Cl)cc32)CC1C. The second kappa shape index (κ2) is 10.6. The van der Waals surface area contributed by atoms with Gasteiger partial charge in [-0.25, -0.2) is 14.1 Å². The summed E-state index contributed by atoms with van der Waals surface area (Å²) in [7, 11) is -4.41. The van der Waals surface area contributed by atoms with Gasteiger partial charge in [-0.1, -0.05) is 30.3 Å². The van der Waals surface area contributed by atoms with Gasteiger partial charge in [-0.3, -0.25) is 4.79 Å². The lowest BCUT2D eigenvalue weighted by molar-refractivity contribution is -0.130. The van der Waals surface area contributed by atoms with Crippen LogP contribution < -0.4 is 4.31 Å². The number of rotatable bonds is 4. The summed E-state index contributed by atoms with van der Waals surface area (Å²) in [5.41, 5.74) is 1.19. The molecule has 3 aromatic rings. The largest absolute Gasteiger partial charge is 0.353 e. The van der Waals surface area contributed by atoms with E-state index in [4.69, 9.17) is 16.6 Å². The molecule has 2 unspecified atom stereocenters. The third-order valence-corrected chi connectivity index (χ3v) is 8.79. The molecule has 0 aliphatic carbocycles. The summed E-state index contributed by atoms with van der Waals surface area (Å²) in [4.78, 5) is 20.7. The zero-order valence-corrected chi connectivity index (χ0v) is 25.0. The van der Waals surface area contributed by atoms with E-state index in [9.17, 15) is 17.6 Å². The van der Waals surface area contributed by atoms with Gasteiger partial charge in [0.2, 0.25) is 5.91 Å². The lowest BCUT2D eigenvalue weighted by Crippen LogP contribution is -2.60. The van der Waals surface area contributed by atoms with E-state index >= 15 is 0 Å². The first kappa shape index (κ1) is 28.7. The van der Waals surface area contributed by atoms with Crippen LogP contribution in [0.1, 0.15) is 44.9 Å². The van der Waals surface area contributed by atoms with Crippen molar-refractivity contribution in [3.63, 3.8) is 0 Å². The zero-order valence-electron chi connectivity index (χ0n) is 23.4. The predicted octanol–water partition coefficient (Wildman–Crippen LogP) is 4.88. The molecule has 0 radical (unpaired) electrons. The van der Waals surface area contributed by atoms with Crippen LogP contribution in [0.5, 0.6) is 0 Å². The van der Waals surface area contributed by atoms with Crippen LogP contribution in [0.3, 0.4) is 0 Å². The number of carbonyl (C=O) groups is 1. The molecule has 2 aromatic heterocycles. The topological polar surface area (TPSA) is 104 Å². The summed E-state index contributed by atoms with van der Waals surface area (Å²) in [5.74, 6) is -0.280. The maximum atomic E-state index is 14.9. The number of benzene rings is 1. The van der Waals surface area contributed by atoms with Crippen molar-refractivity contribution in [2.24, 2.45) is 4.40 Å². The molecule has 0 bridgehead atoms. The Morgan fingerprint density at radius 3 is 2.54 bits per heavy atom. The third-order valence-electron chi connectivity index (χ3n) is 7.29. The van der Waals surface area contributed by atoms with Crippen molar-refractivity contribution < 1.29 is 17.6 Å². The molecule has 1 fully saturated rings. The summed E-state index contributed by atoms with van der Waals surface area (Å²) in [6.45, 7) is 13.5.